The van der Waals surface area contributed by atoms with Crippen molar-refractivity contribution >= 4 is 11.5 Å². The molecule has 0 aromatic carbocycles. The van der Waals surface area contributed by atoms with Crippen molar-refractivity contribution in [3.63, 3.8) is 0 Å². The highest BCUT2D eigenvalue weighted by Crippen LogP contribution is 2.44. The lowest BCUT2D eigenvalue weighted by Crippen LogP contribution is -2.33. The van der Waals surface area contributed by atoms with Crippen molar-refractivity contribution in [2.75, 3.05) is 32.6 Å². The van der Waals surface area contributed by atoms with Gasteiger partial charge in [0.15, 0.2) is 0 Å². The molecular weight excluding hydrogens is 354 g/mol. The Hall–Kier alpha value is -2.64. The average molecular weight is 379 g/mol. The third kappa shape index (κ3) is 3.10. The third-order valence-corrected chi connectivity index (χ3v) is 5.68. The van der Waals surface area contributed by atoms with E-state index in [0.717, 1.165) is 41.7 Å². The van der Waals surface area contributed by atoms with Crippen molar-refractivity contribution in [3.05, 3.63) is 42.2 Å². The van der Waals surface area contributed by atoms with Gasteiger partial charge in [0.05, 0.1) is 36.8 Å². The van der Waals surface area contributed by atoms with Crippen molar-refractivity contribution in [1.29, 1.82) is 0 Å². The van der Waals surface area contributed by atoms with Gasteiger partial charge in [-0.25, -0.2) is 9.97 Å². The fraction of sp³-hybridized carbons (Fsp3) is 0.429. The molecule has 28 heavy (non-hydrogen) atoms. The number of methoxy groups -OCH3 is 2. The summed E-state index contributed by atoms with van der Waals surface area (Å²) in [5, 5.41) is 6.85. The molecule has 3 aromatic rings. The Bertz CT molecular complexity index is 998. The molecule has 1 saturated carbocycles. The Balaban J connectivity index is 1.49. The predicted molar refractivity (Wildman–Crippen MR) is 108 cm³/mol. The number of aromatic nitrogens is 3. The van der Waals surface area contributed by atoms with Crippen LogP contribution in [0.5, 0.6) is 5.75 Å². The van der Waals surface area contributed by atoms with Crippen molar-refractivity contribution in [1.82, 2.24) is 19.7 Å². The van der Waals surface area contributed by atoms with Crippen LogP contribution in [0.3, 0.4) is 0 Å². The van der Waals surface area contributed by atoms with Gasteiger partial charge >= 0.3 is 0 Å². The van der Waals surface area contributed by atoms with Crippen LogP contribution in [0.2, 0.25) is 0 Å². The minimum absolute atomic E-state index is 0.148. The molecule has 1 aliphatic carbocycles. The first-order valence-electron chi connectivity index (χ1n) is 9.79. The molecule has 3 aromatic heterocycles. The van der Waals surface area contributed by atoms with E-state index < -0.39 is 0 Å². The van der Waals surface area contributed by atoms with Gasteiger partial charge in [0, 0.05) is 38.0 Å². The van der Waals surface area contributed by atoms with Crippen LogP contribution in [0, 0.1) is 0 Å². The summed E-state index contributed by atoms with van der Waals surface area (Å²) < 4.78 is 13.3. The first-order valence-corrected chi connectivity index (χ1v) is 9.79. The molecule has 1 saturated heterocycles. The molecule has 0 bridgehead atoms. The van der Waals surface area contributed by atoms with Gasteiger partial charge in [-0.15, -0.1) is 0 Å². The van der Waals surface area contributed by atoms with Crippen LogP contribution in [0.15, 0.2) is 36.7 Å². The number of anilines is 1. The zero-order valence-electron chi connectivity index (χ0n) is 16.2. The minimum Gasteiger partial charge on any atom is -0.496 e. The molecular formula is C21H25N5O2. The fourth-order valence-corrected chi connectivity index (χ4v) is 3.98. The van der Waals surface area contributed by atoms with E-state index in [9.17, 15) is 0 Å². The molecule has 0 radical (unpaired) electrons. The summed E-state index contributed by atoms with van der Waals surface area (Å²) in [6.07, 6.45) is 6.64. The molecule has 5 rings (SSSR count). The number of hydrogen-bond acceptors (Lipinski definition) is 6. The van der Waals surface area contributed by atoms with Crippen molar-refractivity contribution in [3.8, 4) is 17.1 Å². The second-order valence-electron chi connectivity index (χ2n) is 7.53. The van der Waals surface area contributed by atoms with E-state index in [2.05, 4.69) is 26.2 Å². The van der Waals surface area contributed by atoms with Gasteiger partial charge in [-0.2, -0.15) is 0 Å². The number of rotatable bonds is 6. The van der Waals surface area contributed by atoms with E-state index in [1.54, 1.807) is 14.2 Å². The predicted octanol–water partition coefficient (Wildman–Crippen LogP) is 2.68. The molecule has 2 N–H and O–H groups in total. The summed E-state index contributed by atoms with van der Waals surface area (Å²) in [7, 11) is 3.48. The van der Waals surface area contributed by atoms with E-state index in [1.165, 1.54) is 18.4 Å². The second kappa shape index (κ2) is 7.07. The normalized spacial score (nSPS) is 21.9. The molecule has 0 amide bonds. The Kier molecular flexibility index (Phi) is 4.41. The molecule has 2 fully saturated rings. The molecule has 146 valence electrons. The van der Waals surface area contributed by atoms with Crippen LogP contribution < -0.4 is 15.4 Å². The quantitative estimate of drug-likeness (QED) is 0.686. The van der Waals surface area contributed by atoms with Crippen LogP contribution in [0.4, 0.5) is 5.82 Å². The monoisotopic (exact) mass is 379 g/mol. The summed E-state index contributed by atoms with van der Waals surface area (Å²) in [4.78, 5) is 9.42. The molecule has 7 nitrogen and oxygen atoms in total. The van der Waals surface area contributed by atoms with Crippen molar-refractivity contribution < 1.29 is 9.47 Å². The number of fused-ring (bicyclic) bond motifs is 1. The standard InChI is InChI=1S/C21H25N5O2/c1-27-18-8-21-23-10-17(26(21)12-14(18)13-6-7-13)15-4-3-5-20(24-15)25-16-9-22-11-19(16)28-2/h3-5,8,10,12-13,16,19,22H,6-7,9,11H2,1-2H3,(H,24,25)/t16-,19-/m0/s1. The molecule has 7 heteroatoms. The van der Waals surface area contributed by atoms with Crippen molar-refractivity contribution in [2.24, 2.45) is 0 Å². The molecule has 0 unspecified atom stereocenters. The lowest BCUT2D eigenvalue weighted by atomic mass is 10.1. The van der Waals surface area contributed by atoms with E-state index in [0.29, 0.717) is 5.92 Å². The molecule has 0 spiro atoms. The Labute approximate surface area is 164 Å². The second-order valence-corrected chi connectivity index (χ2v) is 7.53. The smallest absolute Gasteiger partial charge is 0.140 e. The number of nitrogens with one attached hydrogen (secondary N) is 2. The lowest BCUT2D eigenvalue weighted by molar-refractivity contribution is 0.111. The fourth-order valence-electron chi connectivity index (χ4n) is 3.98. The first-order chi connectivity index (χ1) is 13.8. The Morgan fingerprint density at radius 2 is 2.11 bits per heavy atom. The first kappa shape index (κ1) is 17.5. The zero-order valence-corrected chi connectivity index (χ0v) is 16.2. The highest BCUT2D eigenvalue weighted by molar-refractivity contribution is 5.64. The molecule has 1 aliphatic heterocycles. The van der Waals surface area contributed by atoms with Gasteiger partial charge in [0.2, 0.25) is 0 Å². The summed E-state index contributed by atoms with van der Waals surface area (Å²) >= 11 is 0. The average Bonchev–Trinajstić information content (AvgIpc) is 3.34. The van der Waals surface area contributed by atoms with Crippen LogP contribution >= 0.6 is 0 Å². The van der Waals surface area contributed by atoms with E-state index in [-0.39, 0.29) is 12.1 Å². The van der Waals surface area contributed by atoms with E-state index >= 15 is 0 Å². The van der Waals surface area contributed by atoms with Crippen molar-refractivity contribution in [2.45, 2.75) is 30.9 Å². The maximum atomic E-state index is 5.59. The Morgan fingerprint density at radius 1 is 1.21 bits per heavy atom. The lowest BCUT2D eigenvalue weighted by Gasteiger charge is -2.19. The summed E-state index contributed by atoms with van der Waals surface area (Å²) in [5.41, 5.74) is 4.00. The molecule has 2 atom stereocenters. The molecule has 2 aliphatic rings. The number of imidazole rings is 1. The topological polar surface area (TPSA) is 72.7 Å². The van der Waals surface area contributed by atoms with Gasteiger partial charge in [-0.3, -0.25) is 4.40 Å². The van der Waals surface area contributed by atoms with Gasteiger partial charge in [-0.1, -0.05) is 6.07 Å². The maximum absolute atomic E-state index is 5.59. The van der Waals surface area contributed by atoms with Crippen LogP contribution in [-0.4, -0.2) is 53.8 Å². The number of pyridine rings is 2. The maximum Gasteiger partial charge on any atom is 0.140 e. The summed E-state index contributed by atoms with van der Waals surface area (Å²) in [6.45, 7) is 1.72. The highest BCUT2D eigenvalue weighted by Gasteiger charge is 2.28. The van der Waals surface area contributed by atoms with Crippen LogP contribution in [0.25, 0.3) is 17.0 Å². The summed E-state index contributed by atoms with van der Waals surface area (Å²) in [5.74, 6) is 2.37. The highest BCUT2D eigenvalue weighted by atomic mass is 16.5. The van der Waals surface area contributed by atoms with Gasteiger partial charge in [0.1, 0.15) is 17.2 Å². The van der Waals surface area contributed by atoms with Crippen LogP contribution in [-0.2, 0) is 4.74 Å². The van der Waals surface area contributed by atoms with Gasteiger partial charge < -0.3 is 20.1 Å². The van der Waals surface area contributed by atoms with E-state index in [1.807, 2.05) is 30.5 Å². The minimum atomic E-state index is 0.148. The zero-order chi connectivity index (χ0) is 19.1. The number of hydrogen-bond donors (Lipinski definition) is 2. The Morgan fingerprint density at radius 3 is 2.89 bits per heavy atom. The van der Waals surface area contributed by atoms with Gasteiger partial charge in [-0.05, 0) is 30.9 Å². The van der Waals surface area contributed by atoms with E-state index in [4.69, 9.17) is 14.5 Å². The van der Waals surface area contributed by atoms with Gasteiger partial charge in [0.25, 0.3) is 0 Å². The summed E-state index contributed by atoms with van der Waals surface area (Å²) in [6, 6.07) is 8.28. The number of nitrogens with zero attached hydrogens (tertiary/aromatic N) is 3. The molecule has 4 heterocycles. The largest absolute Gasteiger partial charge is 0.496 e. The van der Waals surface area contributed by atoms with Crippen LogP contribution in [0.1, 0.15) is 24.3 Å². The third-order valence-electron chi connectivity index (χ3n) is 5.68. The SMILES string of the molecule is COc1cc2ncc(-c3cccc(N[C@H]4CNC[C@@H]4OC)n3)n2cc1C1CC1. The number of ether oxygens (including phenoxy) is 2.